The van der Waals surface area contributed by atoms with Crippen LogP contribution >= 0.6 is 0 Å². The van der Waals surface area contributed by atoms with Crippen LogP contribution in [-0.4, -0.2) is 28.9 Å². The van der Waals surface area contributed by atoms with Crippen LogP contribution in [0.15, 0.2) is 11.8 Å². The van der Waals surface area contributed by atoms with Crippen molar-refractivity contribution in [3.05, 3.63) is 11.8 Å². The molecule has 0 aliphatic rings. The first-order valence-electron chi connectivity index (χ1n) is 8.80. The lowest BCUT2D eigenvalue weighted by Gasteiger charge is -2.04. The van der Waals surface area contributed by atoms with E-state index in [0.717, 1.165) is 25.7 Å². The van der Waals surface area contributed by atoms with Gasteiger partial charge in [0.05, 0.1) is 24.5 Å². The first kappa shape index (κ1) is 21.0. The first-order valence-corrected chi connectivity index (χ1v) is 8.80. The van der Waals surface area contributed by atoms with Gasteiger partial charge in [0.1, 0.15) is 0 Å². The fraction of sp³-hybridized carbons (Fsp3) is 0.833. The topological polar surface area (TPSA) is 66.8 Å². The van der Waals surface area contributed by atoms with Gasteiger partial charge in [-0.2, -0.15) is 0 Å². The summed E-state index contributed by atoms with van der Waals surface area (Å²) in [5.41, 5.74) is 0. The minimum atomic E-state index is -0.462. The molecule has 130 valence electrons. The number of rotatable bonds is 14. The van der Waals surface area contributed by atoms with Gasteiger partial charge in [-0.15, -0.1) is 0 Å². The van der Waals surface area contributed by atoms with Crippen LogP contribution in [0.2, 0.25) is 0 Å². The molecule has 0 saturated heterocycles. The quantitative estimate of drug-likeness (QED) is 0.212. The zero-order chi connectivity index (χ0) is 16.6. The van der Waals surface area contributed by atoms with Gasteiger partial charge in [-0.25, -0.2) is 4.79 Å². The van der Waals surface area contributed by atoms with Gasteiger partial charge >= 0.3 is 5.97 Å². The van der Waals surface area contributed by atoms with E-state index in [2.05, 4.69) is 0 Å². The summed E-state index contributed by atoms with van der Waals surface area (Å²) in [6.45, 7) is 3.93. The van der Waals surface area contributed by atoms with Crippen molar-refractivity contribution >= 4 is 5.97 Å². The number of hydrogen-bond acceptors (Lipinski definition) is 4. The number of aliphatic hydroxyl groups excluding tert-OH is 2. The van der Waals surface area contributed by atoms with Crippen LogP contribution in [-0.2, 0) is 9.53 Å². The van der Waals surface area contributed by atoms with Crippen molar-refractivity contribution in [3.8, 4) is 0 Å². The van der Waals surface area contributed by atoms with Gasteiger partial charge in [-0.05, 0) is 26.7 Å². The van der Waals surface area contributed by atoms with Crippen molar-refractivity contribution < 1.29 is 19.7 Å². The average Bonchev–Trinajstić information content (AvgIpc) is 2.44. The number of esters is 1. The number of carbonyl (C=O) groups is 1. The Kier molecular flexibility index (Phi) is 14.2. The highest BCUT2D eigenvalue weighted by molar-refractivity contribution is 5.82. The lowest BCUT2D eigenvalue weighted by molar-refractivity contribution is -0.137. The molecule has 0 saturated carbocycles. The minimum absolute atomic E-state index is 0.122. The Balaban J connectivity index is 3.31. The van der Waals surface area contributed by atoms with Crippen molar-refractivity contribution in [3.63, 3.8) is 0 Å². The van der Waals surface area contributed by atoms with Crippen LogP contribution in [0.25, 0.3) is 0 Å². The number of carbonyl (C=O) groups excluding carboxylic acids is 1. The van der Waals surface area contributed by atoms with Gasteiger partial charge in [0.2, 0.25) is 0 Å². The molecule has 1 unspecified atom stereocenters. The third-order valence-corrected chi connectivity index (χ3v) is 3.63. The molecule has 0 radical (unpaired) electrons. The van der Waals surface area contributed by atoms with Crippen LogP contribution < -0.4 is 0 Å². The van der Waals surface area contributed by atoms with E-state index >= 15 is 0 Å². The highest BCUT2D eigenvalue weighted by Gasteiger charge is 2.01. The SMILES string of the molecule is CCOC(=O)C=C(O)CCCCCCCCCCCC(C)O. The molecule has 0 aromatic carbocycles. The zero-order valence-corrected chi connectivity index (χ0v) is 14.4. The molecular formula is C18H34O4. The van der Waals surface area contributed by atoms with E-state index in [-0.39, 0.29) is 11.9 Å². The van der Waals surface area contributed by atoms with Gasteiger partial charge in [0, 0.05) is 6.42 Å². The molecular weight excluding hydrogens is 280 g/mol. The molecule has 0 rings (SSSR count). The lowest BCUT2D eigenvalue weighted by atomic mass is 10.0. The molecule has 0 spiro atoms. The third-order valence-electron chi connectivity index (χ3n) is 3.63. The van der Waals surface area contributed by atoms with Crippen molar-refractivity contribution in [2.24, 2.45) is 0 Å². The molecule has 0 aliphatic carbocycles. The maximum atomic E-state index is 11.1. The predicted octanol–water partition coefficient (Wildman–Crippen LogP) is 4.66. The van der Waals surface area contributed by atoms with Crippen molar-refractivity contribution in [2.75, 3.05) is 6.61 Å². The average molecular weight is 314 g/mol. The zero-order valence-electron chi connectivity index (χ0n) is 14.4. The van der Waals surface area contributed by atoms with E-state index in [1.165, 1.54) is 44.6 Å². The number of aliphatic hydroxyl groups is 2. The second-order valence-electron chi connectivity index (χ2n) is 5.96. The van der Waals surface area contributed by atoms with Gasteiger partial charge in [-0.1, -0.05) is 51.4 Å². The second kappa shape index (κ2) is 14.9. The Morgan fingerprint density at radius 2 is 1.50 bits per heavy atom. The predicted molar refractivity (Wildman–Crippen MR) is 89.8 cm³/mol. The van der Waals surface area contributed by atoms with Crippen molar-refractivity contribution in [1.29, 1.82) is 0 Å². The molecule has 22 heavy (non-hydrogen) atoms. The highest BCUT2D eigenvalue weighted by atomic mass is 16.5. The summed E-state index contributed by atoms with van der Waals surface area (Å²) in [4.78, 5) is 11.1. The maximum absolute atomic E-state index is 11.1. The van der Waals surface area contributed by atoms with E-state index in [1.807, 2.05) is 6.92 Å². The summed E-state index contributed by atoms with van der Waals surface area (Å²) in [5, 5.41) is 18.7. The summed E-state index contributed by atoms with van der Waals surface area (Å²) < 4.78 is 4.74. The maximum Gasteiger partial charge on any atom is 0.334 e. The Labute approximate surface area is 135 Å². The molecule has 4 nitrogen and oxygen atoms in total. The normalized spacial score (nSPS) is 13.1. The Morgan fingerprint density at radius 3 is 2.00 bits per heavy atom. The lowest BCUT2D eigenvalue weighted by Crippen LogP contribution is -2.01. The molecule has 0 bridgehead atoms. The molecule has 0 heterocycles. The van der Waals surface area contributed by atoms with Gasteiger partial charge in [-0.3, -0.25) is 0 Å². The van der Waals surface area contributed by atoms with Crippen LogP contribution in [0.4, 0.5) is 0 Å². The molecule has 0 fully saturated rings. The second-order valence-corrected chi connectivity index (χ2v) is 5.96. The molecule has 4 heteroatoms. The number of hydrogen-bond donors (Lipinski definition) is 2. The first-order chi connectivity index (χ1) is 10.6. The number of ether oxygens (including phenoxy) is 1. The minimum Gasteiger partial charge on any atom is -0.512 e. The molecule has 0 aromatic rings. The van der Waals surface area contributed by atoms with E-state index in [9.17, 15) is 9.90 Å². The van der Waals surface area contributed by atoms with Gasteiger partial charge in [0.25, 0.3) is 0 Å². The van der Waals surface area contributed by atoms with E-state index in [0.29, 0.717) is 13.0 Å². The number of unbranched alkanes of at least 4 members (excludes halogenated alkanes) is 8. The van der Waals surface area contributed by atoms with Crippen LogP contribution in [0.3, 0.4) is 0 Å². The highest BCUT2D eigenvalue weighted by Crippen LogP contribution is 2.13. The fourth-order valence-corrected chi connectivity index (χ4v) is 2.38. The molecule has 0 amide bonds. The molecule has 2 N–H and O–H groups in total. The molecule has 0 aliphatic heterocycles. The van der Waals surface area contributed by atoms with Gasteiger partial charge in [0.15, 0.2) is 0 Å². The van der Waals surface area contributed by atoms with Crippen LogP contribution in [0.5, 0.6) is 0 Å². The summed E-state index contributed by atoms with van der Waals surface area (Å²) in [5.74, 6) is -0.341. The summed E-state index contributed by atoms with van der Waals surface area (Å²) in [6, 6.07) is 0. The van der Waals surface area contributed by atoms with Crippen LogP contribution in [0.1, 0.15) is 84.5 Å². The smallest absolute Gasteiger partial charge is 0.334 e. The van der Waals surface area contributed by atoms with E-state index in [4.69, 9.17) is 9.84 Å². The van der Waals surface area contributed by atoms with Gasteiger partial charge < -0.3 is 14.9 Å². The Hall–Kier alpha value is -1.03. The summed E-state index contributed by atoms with van der Waals surface area (Å²) in [7, 11) is 0. The van der Waals surface area contributed by atoms with E-state index in [1.54, 1.807) is 6.92 Å². The summed E-state index contributed by atoms with van der Waals surface area (Å²) >= 11 is 0. The largest absolute Gasteiger partial charge is 0.512 e. The third kappa shape index (κ3) is 15.4. The van der Waals surface area contributed by atoms with E-state index < -0.39 is 5.97 Å². The molecule has 0 aromatic heterocycles. The van der Waals surface area contributed by atoms with Crippen LogP contribution in [0, 0.1) is 0 Å². The monoisotopic (exact) mass is 314 g/mol. The summed E-state index contributed by atoms with van der Waals surface area (Å²) in [6.07, 6.45) is 13.1. The standard InChI is InChI=1S/C18H34O4/c1-3-22-18(21)15-17(20)14-12-10-8-6-4-5-7-9-11-13-16(2)19/h15-16,19-20H,3-14H2,1-2H3. The Bertz CT molecular complexity index is 297. The number of allylic oxidation sites excluding steroid dienone is 1. The van der Waals surface area contributed by atoms with Crippen molar-refractivity contribution in [2.45, 2.75) is 90.6 Å². The Morgan fingerprint density at radius 1 is 1.00 bits per heavy atom. The van der Waals surface area contributed by atoms with Crippen molar-refractivity contribution in [1.82, 2.24) is 0 Å². The molecule has 1 atom stereocenters. The fourth-order valence-electron chi connectivity index (χ4n) is 2.38.